The number of carbonyl (C=O) groups excluding carboxylic acids is 1. The molecule has 0 radical (unpaired) electrons. The van der Waals surface area contributed by atoms with Gasteiger partial charge in [0.2, 0.25) is 5.95 Å². The zero-order valence-electron chi connectivity index (χ0n) is 17.4. The third-order valence-corrected chi connectivity index (χ3v) is 4.87. The Labute approximate surface area is 181 Å². The van der Waals surface area contributed by atoms with Gasteiger partial charge in [0.25, 0.3) is 0 Å². The van der Waals surface area contributed by atoms with Crippen molar-refractivity contribution in [3.63, 3.8) is 0 Å². The minimum atomic E-state index is -0.382. The number of piperazine rings is 1. The summed E-state index contributed by atoms with van der Waals surface area (Å²) in [6, 6.07) is 12.8. The largest absolute Gasteiger partial charge is 0.492 e. The fraction of sp³-hybridized carbons (Fsp3) is 0.273. The van der Waals surface area contributed by atoms with Crippen LogP contribution in [0.5, 0.6) is 5.75 Å². The Kier molecular flexibility index (Phi) is 6.41. The van der Waals surface area contributed by atoms with E-state index in [-0.39, 0.29) is 6.03 Å². The molecule has 0 spiro atoms. The Balaban J connectivity index is 1.31. The van der Waals surface area contributed by atoms with E-state index in [1.807, 2.05) is 49.5 Å². The van der Waals surface area contributed by atoms with Gasteiger partial charge in [0, 0.05) is 32.4 Å². The minimum absolute atomic E-state index is 0.382. The van der Waals surface area contributed by atoms with Gasteiger partial charge in [0.05, 0.1) is 30.4 Å². The zero-order valence-corrected chi connectivity index (χ0v) is 17.4. The van der Waals surface area contributed by atoms with E-state index < -0.39 is 0 Å². The van der Waals surface area contributed by atoms with E-state index in [4.69, 9.17) is 4.74 Å². The first kappa shape index (κ1) is 20.4. The Morgan fingerprint density at radius 2 is 1.65 bits per heavy atom. The molecular weight excluding hydrogens is 394 g/mol. The standard InChI is InChI=1S/C22H25N7O2/c1-2-31-19-8-4-3-7-18(19)27-22(30)26-17-15-24-21(25-16-17)29-13-11-28(12-14-29)20-9-5-6-10-23-20/h3-10,15-16H,2,11-14H2,1H3,(H2,26,27,30). The van der Waals surface area contributed by atoms with E-state index in [2.05, 4.69) is 35.4 Å². The molecule has 0 aliphatic carbocycles. The number of benzene rings is 1. The summed E-state index contributed by atoms with van der Waals surface area (Å²) in [5, 5.41) is 5.54. The van der Waals surface area contributed by atoms with Crippen LogP contribution >= 0.6 is 0 Å². The molecule has 1 aliphatic heterocycles. The molecule has 1 aliphatic rings. The summed E-state index contributed by atoms with van der Waals surface area (Å²) in [5.41, 5.74) is 1.12. The van der Waals surface area contributed by atoms with Crippen molar-refractivity contribution in [3.8, 4) is 5.75 Å². The summed E-state index contributed by atoms with van der Waals surface area (Å²) in [6.07, 6.45) is 5.03. The first-order chi connectivity index (χ1) is 15.2. The fourth-order valence-electron chi connectivity index (χ4n) is 3.36. The minimum Gasteiger partial charge on any atom is -0.492 e. The number of carbonyl (C=O) groups is 1. The molecule has 0 saturated carbocycles. The van der Waals surface area contributed by atoms with Crippen molar-refractivity contribution in [3.05, 3.63) is 61.1 Å². The lowest BCUT2D eigenvalue weighted by Gasteiger charge is -2.35. The third-order valence-electron chi connectivity index (χ3n) is 4.87. The molecule has 3 aromatic rings. The highest BCUT2D eigenvalue weighted by atomic mass is 16.5. The lowest BCUT2D eigenvalue weighted by Crippen LogP contribution is -2.47. The Hall–Kier alpha value is -3.88. The number of nitrogens with zero attached hydrogens (tertiary/aromatic N) is 5. The normalized spacial score (nSPS) is 13.6. The summed E-state index contributed by atoms with van der Waals surface area (Å²) in [4.78, 5) is 30.0. The maximum Gasteiger partial charge on any atom is 0.323 e. The van der Waals surface area contributed by atoms with E-state index in [9.17, 15) is 4.79 Å². The highest BCUT2D eigenvalue weighted by Gasteiger charge is 2.19. The van der Waals surface area contributed by atoms with Crippen LogP contribution in [0.3, 0.4) is 0 Å². The predicted octanol–water partition coefficient (Wildman–Crippen LogP) is 3.24. The number of anilines is 4. The third kappa shape index (κ3) is 5.19. The van der Waals surface area contributed by atoms with Crippen LogP contribution in [0.15, 0.2) is 61.1 Å². The van der Waals surface area contributed by atoms with E-state index in [1.54, 1.807) is 18.5 Å². The van der Waals surface area contributed by atoms with Gasteiger partial charge in [-0.25, -0.2) is 19.7 Å². The number of ether oxygens (including phenoxy) is 1. The molecule has 1 saturated heterocycles. The van der Waals surface area contributed by atoms with Gasteiger partial charge in [-0.3, -0.25) is 0 Å². The molecule has 1 fully saturated rings. The van der Waals surface area contributed by atoms with Crippen LogP contribution in [0.1, 0.15) is 6.92 Å². The number of hydrogen-bond acceptors (Lipinski definition) is 7. The number of aromatic nitrogens is 3. The SMILES string of the molecule is CCOc1ccccc1NC(=O)Nc1cnc(N2CCN(c3ccccn3)CC2)nc1. The molecule has 31 heavy (non-hydrogen) atoms. The van der Waals surface area contributed by atoms with E-state index >= 15 is 0 Å². The Bertz CT molecular complexity index is 990. The molecule has 160 valence electrons. The molecule has 9 heteroatoms. The first-order valence-corrected chi connectivity index (χ1v) is 10.3. The van der Waals surface area contributed by atoms with Gasteiger partial charge >= 0.3 is 6.03 Å². The zero-order chi connectivity index (χ0) is 21.5. The van der Waals surface area contributed by atoms with Crippen LogP contribution in [0.2, 0.25) is 0 Å². The molecule has 0 bridgehead atoms. The van der Waals surface area contributed by atoms with Crippen molar-refractivity contribution < 1.29 is 9.53 Å². The molecule has 4 rings (SSSR count). The van der Waals surface area contributed by atoms with Gasteiger partial charge in [-0.1, -0.05) is 18.2 Å². The maximum absolute atomic E-state index is 12.3. The number of rotatable bonds is 6. The van der Waals surface area contributed by atoms with Crippen molar-refractivity contribution in [1.29, 1.82) is 0 Å². The number of para-hydroxylation sites is 2. The molecule has 0 atom stereocenters. The average Bonchev–Trinajstić information content (AvgIpc) is 2.82. The van der Waals surface area contributed by atoms with Crippen molar-refractivity contribution in [2.24, 2.45) is 0 Å². The second-order valence-electron chi connectivity index (χ2n) is 6.94. The summed E-state index contributed by atoms with van der Waals surface area (Å²) in [5.74, 6) is 2.25. The second kappa shape index (κ2) is 9.75. The van der Waals surface area contributed by atoms with Crippen LogP contribution in [-0.2, 0) is 0 Å². The highest BCUT2D eigenvalue weighted by molar-refractivity contribution is 6.00. The van der Waals surface area contributed by atoms with Gasteiger partial charge in [-0.15, -0.1) is 0 Å². The first-order valence-electron chi connectivity index (χ1n) is 10.3. The lowest BCUT2D eigenvalue weighted by molar-refractivity contribution is 0.262. The van der Waals surface area contributed by atoms with Gasteiger partial charge in [-0.2, -0.15) is 0 Å². The van der Waals surface area contributed by atoms with Gasteiger partial charge in [0.1, 0.15) is 11.6 Å². The van der Waals surface area contributed by atoms with E-state index in [0.29, 0.717) is 29.7 Å². The summed E-state index contributed by atoms with van der Waals surface area (Å²) < 4.78 is 5.53. The summed E-state index contributed by atoms with van der Waals surface area (Å²) in [7, 11) is 0. The van der Waals surface area contributed by atoms with Crippen molar-refractivity contribution in [1.82, 2.24) is 15.0 Å². The number of hydrogen-bond donors (Lipinski definition) is 2. The maximum atomic E-state index is 12.3. The van der Waals surface area contributed by atoms with Crippen molar-refractivity contribution >= 4 is 29.2 Å². The fourth-order valence-corrected chi connectivity index (χ4v) is 3.36. The molecule has 2 N–H and O–H groups in total. The number of amides is 2. The van der Waals surface area contributed by atoms with Crippen LogP contribution < -0.4 is 25.2 Å². The number of pyridine rings is 1. The monoisotopic (exact) mass is 419 g/mol. The molecule has 2 amide bonds. The summed E-state index contributed by atoms with van der Waals surface area (Å²) >= 11 is 0. The highest BCUT2D eigenvalue weighted by Crippen LogP contribution is 2.24. The number of urea groups is 1. The molecule has 1 aromatic carbocycles. The van der Waals surface area contributed by atoms with Crippen LogP contribution in [-0.4, -0.2) is 53.8 Å². The molecule has 9 nitrogen and oxygen atoms in total. The van der Waals surface area contributed by atoms with E-state index in [1.165, 1.54) is 0 Å². The average molecular weight is 419 g/mol. The van der Waals surface area contributed by atoms with E-state index in [0.717, 1.165) is 32.0 Å². The van der Waals surface area contributed by atoms with Gasteiger partial charge in [0.15, 0.2) is 0 Å². The van der Waals surface area contributed by atoms with Crippen molar-refractivity contribution in [2.45, 2.75) is 6.92 Å². The Morgan fingerprint density at radius 1 is 0.935 bits per heavy atom. The van der Waals surface area contributed by atoms with Crippen LogP contribution in [0.4, 0.5) is 27.9 Å². The number of nitrogens with one attached hydrogen (secondary N) is 2. The molecule has 3 heterocycles. The lowest BCUT2D eigenvalue weighted by atomic mass is 10.3. The topological polar surface area (TPSA) is 95.5 Å². The second-order valence-corrected chi connectivity index (χ2v) is 6.94. The van der Waals surface area contributed by atoms with Crippen molar-refractivity contribution in [2.75, 3.05) is 53.2 Å². The van der Waals surface area contributed by atoms with Gasteiger partial charge in [-0.05, 0) is 31.2 Å². The predicted molar refractivity (Wildman–Crippen MR) is 121 cm³/mol. The van der Waals surface area contributed by atoms with Crippen LogP contribution in [0, 0.1) is 0 Å². The Morgan fingerprint density at radius 3 is 2.35 bits per heavy atom. The molecule has 2 aromatic heterocycles. The van der Waals surface area contributed by atoms with Gasteiger partial charge < -0.3 is 25.2 Å². The quantitative estimate of drug-likeness (QED) is 0.633. The van der Waals surface area contributed by atoms with Crippen LogP contribution in [0.25, 0.3) is 0 Å². The summed E-state index contributed by atoms with van der Waals surface area (Å²) in [6.45, 7) is 5.72. The smallest absolute Gasteiger partial charge is 0.323 e. The molecule has 0 unspecified atom stereocenters. The molecular formula is C22H25N7O2.